The van der Waals surface area contributed by atoms with E-state index in [4.69, 9.17) is 21.7 Å². The van der Waals surface area contributed by atoms with Crippen LogP contribution in [-0.2, 0) is 9.47 Å². The summed E-state index contributed by atoms with van der Waals surface area (Å²) in [5.41, 5.74) is 0. The first kappa shape index (κ1) is 14.6. The number of nitrogens with zero attached hydrogens (tertiary/aromatic N) is 1. The zero-order valence-electron chi connectivity index (χ0n) is 10.1. The van der Waals surface area contributed by atoms with E-state index < -0.39 is 0 Å². The van der Waals surface area contributed by atoms with Crippen LogP contribution in [0.15, 0.2) is 0 Å². The van der Waals surface area contributed by atoms with Gasteiger partial charge in [-0.15, -0.1) is 0 Å². The quantitative estimate of drug-likeness (QED) is 0.661. The molecule has 0 radical (unpaired) electrons. The van der Waals surface area contributed by atoms with Crippen LogP contribution in [0.5, 0.6) is 0 Å². The van der Waals surface area contributed by atoms with Gasteiger partial charge in [0, 0.05) is 27.3 Å². The van der Waals surface area contributed by atoms with Crippen molar-refractivity contribution in [1.29, 1.82) is 0 Å². The SMILES string of the molecule is CCNC(=S)N(CCOC)C(C)COC. The number of rotatable bonds is 7. The Morgan fingerprint density at radius 1 is 1.40 bits per heavy atom. The van der Waals surface area contributed by atoms with Crippen LogP contribution in [0.4, 0.5) is 0 Å². The predicted molar refractivity (Wildman–Crippen MR) is 66.2 cm³/mol. The van der Waals surface area contributed by atoms with Gasteiger partial charge < -0.3 is 19.7 Å². The molecule has 0 fully saturated rings. The molecular weight excluding hydrogens is 212 g/mol. The van der Waals surface area contributed by atoms with Crippen molar-refractivity contribution in [2.24, 2.45) is 0 Å². The van der Waals surface area contributed by atoms with Gasteiger partial charge in [-0.05, 0) is 26.1 Å². The minimum Gasteiger partial charge on any atom is -0.383 e. The molecule has 90 valence electrons. The summed E-state index contributed by atoms with van der Waals surface area (Å²) in [6, 6.07) is 0.261. The fourth-order valence-corrected chi connectivity index (χ4v) is 1.71. The summed E-state index contributed by atoms with van der Waals surface area (Å²) < 4.78 is 10.2. The highest BCUT2D eigenvalue weighted by molar-refractivity contribution is 7.80. The van der Waals surface area contributed by atoms with Gasteiger partial charge in [-0.25, -0.2) is 0 Å². The third-order valence-corrected chi connectivity index (χ3v) is 2.44. The van der Waals surface area contributed by atoms with Crippen LogP contribution in [0, 0.1) is 0 Å². The van der Waals surface area contributed by atoms with E-state index in [-0.39, 0.29) is 6.04 Å². The molecule has 0 aliphatic heterocycles. The Morgan fingerprint density at radius 3 is 2.53 bits per heavy atom. The van der Waals surface area contributed by atoms with Crippen LogP contribution >= 0.6 is 12.2 Å². The second-order valence-corrected chi connectivity index (χ2v) is 3.71. The number of hydrogen-bond acceptors (Lipinski definition) is 3. The predicted octanol–water partition coefficient (Wildman–Crippen LogP) is 0.864. The molecule has 15 heavy (non-hydrogen) atoms. The molecule has 0 spiro atoms. The lowest BCUT2D eigenvalue weighted by Crippen LogP contribution is -2.47. The molecule has 0 bridgehead atoms. The Labute approximate surface area is 97.9 Å². The number of thiocarbonyl (C=S) groups is 1. The molecule has 0 saturated heterocycles. The first-order valence-electron chi connectivity index (χ1n) is 5.19. The van der Waals surface area contributed by atoms with Crippen LogP contribution in [0.2, 0.25) is 0 Å². The standard InChI is InChI=1S/C10H22N2O2S/c1-5-11-10(15)12(6-7-13-3)9(2)8-14-4/h9H,5-8H2,1-4H3,(H,11,15). The van der Waals surface area contributed by atoms with Crippen molar-refractivity contribution in [2.75, 3.05) is 40.5 Å². The van der Waals surface area contributed by atoms with Crippen molar-refractivity contribution in [3.8, 4) is 0 Å². The van der Waals surface area contributed by atoms with Gasteiger partial charge in [0.05, 0.1) is 19.3 Å². The molecule has 0 aromatic rings. The van der Waals surface area contributed by atoms with E-state index in [1.807, 2.05) is 6.92 Å². The van der Waals surface area contributed by atoms with Gasteiger partial charge in [0.25, 0.3) is 0 Å². The Bertz CT molecular complexity index is 179. The Balaban J connectivity index is 4.21. The lowest BCUT2D eigenvalue weighted by Gasteiger charge is -2.31. The maximum absolute atomic E-state index is 5.28. The second-order valence-electron chi connectivity index (χ2n) is 3.33. The lowest BCUT2D eigenvalue weighted by molar-refractivity contribution is 0.113. The van der Waals surface area contributed by atoms with Gasteiger partial charge in [0.2, 0.25) is 0 Å². The van der Waals surface area contributed by atoms with Crippen LogP contribution < -0.4 is 5.32 Å². The molecule has 0 rings (SSSR count). The van der Waals surface area contributed by atoms with Crippen molar-refractivity contribution in [1.82, 2.24) is 10.2 Å². The molecular formula is C10H22N2O2S. The second kappa shape index (κ2) is 8.88. The van der Waals surface area contributed by atoms with E-state index in [1.165, 1.54) is 0 Å². The van der Waals surface area contributed by atoms with Crippen molar-refractivity contribution in [3.05, 3.63) is 0 Å². The summed E-state index contributed by atoms with van der Waals surface area (Å²) >= 11 is 5.28. The fraction of sp³-hybridized carbons (Fsp3) is 0.900. The molecule has 0 heterocycles. The van der Waals surface area contributed by atoms with Gasteiger partial charge >= 0.3 is 0 Å². The normalized spacial score (nSPS) is 12.3. The van der Waals surface area contributed by atoms with E-state index in [1.54, 1.807) is 14.2 Å². The molecule has 5 heteroatoms. The molecule has 4 nitrogen and oxygen atoms in total. The molecule has 0 aliphatic rings. The zero-order valence-corrected chi connectivity index (χ0v) is 10.9. The summed E-state index contributed by atoms with van der Waals surface area (Å²) in [4.78, 5) is 2.09. The highest BCUT2D eigenvalue weighted by Crippen LogP contribution is 2.00. The van der Waals surface area contributed by atoms with Crippen LogP contribution in [-0.4, -0.2) is 56.6 Å². The van der Waals surface area contributed by atoms with E-state index in [2.05, 4.69) is 17.1 Å². The maximum atomic E-state index is 5.28. The molecule has 1 atom stereocenters. The third-order valence-electron chi connectivity index (χ3n) is 2.07. The number of nitrogens with one attached hydrogen (secondary N) is 1. The van der Waals surface area contributed by atoms with Crippen molar-refractivity contribution >= 4 is 17.3 Å². The van der Waals surface area contributed by atoms with Gasteiger partial charge in [-0.3, -0.25) is 0 Å². The smallest absolute Gasteiger partial charge is 0.169 e. The summed E-state index contributed by atoms with van der Waals surface area (Å²) in [5.74, 6) is 0. The molecule has 0 aromatic carbocycles. The molecule has 0 aromatic heterocycles. The average Bonchev–Trinajstić information content (AvgIpc) is 2.19. The van der Waals surface area contributed by atoms with E-state index in [0.29, 0.717) is 13.2 Å². The van der Waals surface area contributed by atoms with E-state index in [0.717, 1.165) is 18.2 Å². The summed E-state index contributed by atoms with van der Waals surface area (Å²) in [6.07, 6.45) is 0. The van der Waals surface area contributed by atoms with Crippen molar-refractivity contribution in [3.63, 3.8) is 0 Å². The van der Waals surface area contributed by atoms with Gasteiger partial charge in [-0.1, -0.05) is 0 Å². The van der Waals surface area contributed by atoms with Crippen molar-refractivity contribution in [2.45, 2.75) is 19.9 Å². The van der Waals surface area contributed by atoms with Gasteiger partial charge in [0.15, 0.2) is 5.11 Å². The lowest BCUT2D eigenvalue weighted by atomic mass is 10.3. The third kappa shape index (κ3) is 5.92. The van der Waals surface area contributed by atoms with Crippen LogP contribution in [0.1, 0.15) is 13.8 Å². The molecule has 0 amide bonds. The molecule has 1 unspecified atom stereocenters. The highest BCUT2D eigenvalue weighted by atomic mass is 32.1. The number of methoxy groups -OCH3 is 2. The Kier molecular flexibility index (Phi) is 8.65. The Hall–Kier alpha value is -0.390. The molecule has 0 saturated carbocycles. The summed E-state index contributed by atoms with van der Waals surface area (Å²) in [6.45, 7) is 7.06. The minimum absolute atomic E-state index is 0.261. The monoisotopic (exact) mass is 234 g/mol. The topological polar surface area (TPSA) is 33.7 Å². The summed E-state index contributed by atoms with van der Waals surface area (Å²) in [5, 5.41) is 3.90. The maximum Gasteiger partial charge on any atom is 0.169 e. The van der Waals surface area contributed by atoms with Gasteiger partial charge in [-0.2, -0.15) is 0 Å². The first-order valence-corrected chi connectivity index (χ1v) is 5.60. The van der Waals surface area contributed by atoms with Crippen molar-refractivity contribution < 1.29 is 9.47 Å². The van der Waals surface area contributed by atoms with E-state index >= 15 is 0 Å². The largest absolute Gasteiger partial charge is 0.383 e. The van der Waals surface area contributed by atoms with Gasteiger partial charge in [0.1, 0.15) is 0 Å². The average molecular weight is 234 g/mol. The first-order chi connectivity index (χ1) is 7.17. The molecule has 0 aliphatic carbocycles. The fourth-order valence-electron chi connectivity index (χ4n) is 1.30. The highest BCUT2D eigenvalue weighted by Gasteiger charge is 2.15. The number of hydrogen-bond donors (Lipinski definition) is 1. The van der Waals surface area contributed by atoms with E-state index in [9.17, 15) is 0 Å². The van der Waals surface area contributed by atoms with Crippen LogP contribution in [0.25, 0.3) is 0 Å². The minimum atomic E-state index is 0.261. The molecule has 1 N–H and O–H groups in total. The Morgan fingerprint density at radius 2 is 2.07 bits per heavy atom. The number of ether oxygens (including phenoxy) is 2. The summed E-state index contributed by atoms with van der Waals surface area (Å²) in [7, 11) is 3.39. The zero-order chi connectivity index (χ0) is 11.7. The van der Waals surface area contributed by atoms with Crippen LogP contribution in [0.3, 0.4) is 0 Å².